The predicted octanol–water partition coefficient (Wildman–Crippen LogP) is 3.96. The normalized spacial score (nSPS) is 15.2. The summed E-state index contributed by atoms with van der Waals surface area (Å²) >= 11 is 0. The van der Waals surface area contributed by atoms with Crippen LogP contribution in [0.5, 0.6) is 5.75 Å². The van der Waals surface area contributed by atoms with Gasteiger partial charge in [0.1, 0.15) is 6.04 Å². The smallest absolute Gasteiger partial charge is 0.335 e. The number of rotatable bonds is 4. The molecule has 30 heavy (non-hydrogen) atoms. The maximum absolute atomic E-state index is 13.4. The van der Waals surface area contributed by atoms with Crippen LogP contribution in [-0.4, -0.2) is 23.8 Å². The van der Waals surface area contributed by atoms with E-state index in [0.29, 0.717) is 22.7 Å². The quantitative estimate of drug-likeness (QED) is 0.531. The first-order chi connectivity index (χ1) is 14.5. The van der Waals surface area contributed by atoms with Crippen LogP contribution in [0.1, 0.15) is 22.3 Å². The molecule has 4 rings (SSSR count). The van der Waals surface area contributed by atoms with Gasteiger partial charge >= 0.3 is 5.97 Å². The van der Waals surface area contributed by atoms with E-state index >= 15 is 0 Å². The van der Waals surface area contributed by atoms with Gasteiger partial charge in [-0.25, -0.2) is 4.79 Å². The first kappa shape index (κ1) is 19.4. The van der Waals surface area contributed by atoms with Crippen molar-refractivity contribution in [3.8, 4) is 5.75 Å². The number of amides is 2. The number of ether oxygens (including phenoxy) is 1. The summed E-state index contributed by atoms with van der Waals surface area (Å²) in [6.45, 7) is 1.93. The lowest BCUT2D eigenvalue weighted by Crippen LogP contribution is -2.51. The van der Waals surface area contributed by atoms with E-state index in [-0.39, 0.29) is 18.2 Å². The Labute approximate surface area is 174 Å². The molecule has 1 heterocycles. The molecule has 3 aromatic rings. The fourth-order valence-electron chi connectivity index (χ4n) is 3.36. The van der Waals surface area contributed by atoms with Crippen molar-refractivity contribution in [2.45, 2.75) is 19.4 Å². The van der Waals surface area contributed by atoms with Crippen molar-refractivity contribution in [2.75, 3.05) is 10.2 Å². The van der Waals surface area contributed by atoms with Gasteiger partial charge in [-0.2, -0.15) is 0 Å². The number of nitrogens with zero attached hydrogens (tertiary/aromatic N) is 1. The van der Waals surface area contributed by atoms with Crippen LogP contribution in [0.3, 0.4) is 0 Å². The fourth-order valence-corrected chi connectivity index (χ4v) is 3.36. The lowest BCUT2D eigenvalue weighted by Gasteiger charge is -2.35. The van der Waals surface area contributed by atoms with Crippen LogP contribution in [0.2, 0.25) is 0 Å². The zero-order chi connectivity index (χ0) is 21.1. The van der Waals surface area contributed by atoms with Crippen LogP contribution in [-0.2, 0) is 9.59 Å². The summed E-state index contributed by atoms with van der Waals surface area (Å²) in [5, 5.41) is 2.76. The van der Waals surface area contributed by atoms with Gasteiger partial charge in [0.15, 0.2) is 5.75 Å². The minimum atomic E-state index is -1.07. The molecule has 0 fully saturated rings. The molecule has 0 aromatic heterocycles. The third kappa shape index (κ3) is 3.93. The highest BCUT2D eigenvalue weighted by Crippen LogP contribution is 2.36. The summed E-state index contributed by atoms with van der Waals surface area (Å²) in [6, 6.07) is 21.8. The Morgan fingerprint density at radius 2 is 1.60 bits per heavy atom. The van der Waals surface area contributed by atoms with E-state index in [0.717, 1.165) is 5.56 Å². The monoisotopic (exact) mass is 400 g/mol. The van der Waals surface area contributed by atoms with E-state index in [1.54, 1.807) is 60.7 Å². The van der Waals surface area contributed by atoms with Crippen LogP contribution in [0.25, 0.3) is 0 Å². The third-order valence-electron chi connectivity index (χ3n) is 4.87. The van der Waals surface area contributed by atoms with Crippen molar-refractivity contribution in [3.63, 3.8) is 0 Å². The van der Waals surface area contributed by atoms with Crippen LogP contribution >= 0.6 is 0 Å². The molecule has 0 spiro atoms. The molecule has 3 aromatic carbocycles. The van der Waals surface area contributed by atoms with E-state index in [2.05, 4.69) is 5.32 Å². The highest BCUT2D eigenvalue weighted by Gasteiger charge is 2.40. The summed E-state index contributed by atoms with van der Waals surface area (Å²) in [7, 11) is 0. The average molecular weight is 400 g/mol. The van der Waals surface area contributed by atoms with Crippen molar-refractivity contribution >= 4 is 29.2 Å². The summed E-state index contributed by atoms with van der Waals surface area (Å²) < 4.78 is 5.42. The summed E-state index contributed by atoms with van der Waals surface area (Å²) in [5.41, 5.74) is 2.52. The molecule has 1 atom stereocenters. The standard InChI is InChI=1S/C24H20N2O4/c1-16-11-13-17(14-12-16)23(28)26-19-9-5-6-10-21(19)30-24(29)20(26)15-22(27)25-18-7-3-2-4-8-18/h2-14,20H,15H2,1H3,(H,25,27)/t20-/m0/s1. The van der Waals surface area contributed by atoms with Gasteiger partial charge in [0.05, 0.1) is 12.1 Å². The highest BCUT2D eigenvalue weighted by atomic mass is 16.5. The van der Waals surface area contributed by atoms with Gasteiger partial charge in [-0.3, -0.25) is 14.5 Å². The first-order valence-electron chi connectivity index (χ1n) is 9.59. The van der Waals surface area contributed by atoms with Gasteiger partial charge in [0, 0.05) is 11.3 Å². The van der Waals surface area contributed by atoms with Crippen LogP contribution in [0.4, 0.5) is 11.4 Å². The molecular weight excluding hydrogens is 380 g/mol. The lowest BCUT2D eigenvalue weighted by atomic mass is 10.0. The summed E-state index contributed by atoms with van der Waals surface area (Å²) in [6.07, 6.45) is -0.223. The van der Waals surface area contributed by atoms with Crippen LogP contribution in [0.15, 0.2) is 78.9 Å². The molecule has 0 saturated carbocycles. The third-order valence-corrected chi connectivity index (χ3v) is 4.87. The molecular formula is C24H20N2O4. The van der Waals surface area contributed by atoms with Gasteiger partial charge in [-0.1, -0.05) is 48.0 Å². The number of para-hydroxylation sites is 3. The number of hydrogen-bond acceptors (Lipinski definition) is 4. The minimum absolute atomic E-state index is 0.223. The van der Waals surface area contributed by atoms with E-state index < -0.39 is 12.0 Å². The average Bonchev–Trinajstić information content (AvgIpc) is 2.75. The SMILES string of the molecule is Cc1ccc(C(=O)N2c3ccccc3OC(=O)[C@@H]2CC(=O)Nc2ccccc2)cc1. The lowest BCUT2D eigenvalue weighted by molar-refractivity contribution is -0.138. The molecule has 150 valence electrons. The van der Waals surface area contributed by atoms with Crippen molar-refractivity contribution in [1.82, 2.24) is 0 Å². The Bertz CT molecular complexity index is 1090. The highest BCUT2D eigenvalue weighted by molar-refractivity contribution is 6.12. The molecule has 0 bridgehead atoms. The number of fused-ring (bicyclic) bond motifs is 1. The molecule has 0 saturated heterocycles. The molecule has 6 nitrogen and oxygen atoms in total. The van der Waals surface area contributed by atoms with E-state index in [9.17, 15) is 14.4 Å². The van der Waals surface area contributed by atoms with Gasteiger partial charge in [0.2, 0.25) is 5.91 Å². The second-order valence-electron chi connectivity index (χ2n) is 7.06. The number of benzene rings is 3. The number of carbonyl (C=O) groups excluding carboxylic acids is 3. The Morgan fingerprint density at radius 3 is 2.33 bits per heavy atom. The largest absolute Gasteiger partial charge is 0.423 e. The maximum atomic E-state index is 13.4. The topological polar surface area (TPSA) is 75.7 Å². The minimum Gasteiger partial charge on any atom is -0.423 e. The number of nitrogens with one attached hydrogen (secondary N) is 1. The molecule has 6 heteroatoms. The molecule has 1 aliphatic heterocycles. The molecule has 2 amide bonds. The van der Waals surface area contributed by atoms with Gasteiger partial charge < -0.3 is 10.1 Å². The zero-order valence-electron chi connectivity index (χ0n) is 16.4. The number of hydrogen-bond donors (Lipinski definition) is 1. The number of aryl methyl sites for hydroxylation is 1. The fraction of sp³-hybridized carbons (Fsp3) is 0.125. The van der Waals surface area contributed by atoms with Gasteiger partial charge in [-0.05, 0) is 43.3 Å². The van der Waals surface area contributed by atoms with Crippen molar-refractivity contribution < 1.29 is 19.1 Å². The Balaban J connectivity index is 1.66. The Kier molecular flexibility index (Phi) is 5.30. The molecule has 1 aliphatic rings. The number of carbonyl (C=O) groups is 3. The van der Waals surface area contributed by atoms with Crippen LogP contribution in [0, 0.1) is 6.92 Å². The van der Waals surface area contributed by atoms with Gasteiger partial charge in [-0.15, -0.1) is 0 Å². The Morgan fingerprint density at radius 1 is 0.933 bits per heavy atom. The van der Waals surface area contributed by atoms with E-state index in [4.69, 9.17) is 4.74 Å². The summed E-state index contributed by atoms with van der Waals surface area (Å²) in [5.74, 6) is -1.10. The summed E-state index contributed by atoms with van der Waals surface area (Å²) in [4.78, 5) is 40.1. The molecule has 0 unspecified atom stereocenters. The molecule has 0 radical (unpaired) electrons. The predicted molar refractivity (Wildman–Crippen MR) is 114 cm³/mol. The second kappa shape index (κ2) is 8.21. The van der Waals surface area contributed by atoms with Crippen molar-refractivity contribution in [3.05, 3.63) is 90.0 Å². The number of anilines is 2. The second-order valence-corrected chi connectivity index (χ2v) is 7.06. The zero-order valence-corrected chi connectivity index (χ0v) is 16.4. The Hall–Kier alpha value is -3.93. The van der Waals surface area contributed by atoms with Crippen molar-refractivity contribution in [1.29, 1.82) is 0 Å². The number of esters is 1. The maximum Gasteiger partial charge on any atom is 0.335 e. The van der Waals surface area contributed by atoms with Crippen LogP contribution < -0.4 is 15.0 Å². The molecule has 0 aliphatic carbocycles. The van der Waals surface area contributed by atoms with Crippen molar-refractivity contribution in [2.24, 2.45) is 0 Å². The van der Waals surface area contributed by atoms with E-state index in [1.165, 1.54) is 4.90 Å². The molecule has 1 N–H and O–H groups in total. The van der Waals surface area contributed by atoms with Gasteiger partial charge in [0.25, 0.3) is 5.91 Å². The first-order valence-corrected chi connectivity index (χ1v) is 9.59. The van der Waals surface area contributed by atoms with E-state index in [1.807, 2.05) is 25.1 Å².